The van der Waals surface area contributed by atoms with Gasteiger partial charge in [-0.1, -0.05) is 6.07 Å². The molecule has 0 atom stereocenters. The molecule has 3 nitrogen and oxygen atoms in total. The molecule has 0 heterocycles. The lowest BCUT2D eigenvalue weighted by Crippen LogP contribution is -2.01. The molecule has 0 amide bonds. The molecule has 0 unspecified atom stereocenters. The molecule has 0 aliphatic heterocycles. The first-order valence-corrected chi connectivity index (χ1v) is 2.58. The fraction of sp³-hybridized carbons (Fsp3) is 0. The zero-order valence-electron chi connectivity index (χ0n) is 5.00. The van der Waals surface area contributed by atoms with Gasteiger partial charge in [0.1, 0.15) is 0 Å². The predicted molar refractivity (Wildman–Crippen MR) is 32.8 cm³/mol. The third kappa shape index (κ3) is 1.67. The van der Waals surface area contributed by atoms with E-state index in [4.69, 9.17) is 5.11 Å². The van der Waals surface area contributed by atoms with Crippen molar-refractivity contribution in [3.8, 4) is 5.75 Å². The van der Waals surface area contributed by atoms with Crippen LogP contribution in [0, 0.1) is 12.1 Å². The Morgan fingerprint density at radius 2 is 2.50 bits per heavy atom. The monoisotopic (exact) mass is 136 g/mol. The average molecular weight is 136 g/mol. The first kappa shape index (κ1) is 6.43. The Morgan fingerprint density at radius 3 is 3.00 bits per heavy atom. The van der Waals surface area contributed by atoms with E-state index >= 15 is 0 Å². The Balaban J connectivity index is 2.67. The Hall–Kier alpha value is -1.69. The largest absolute Gasteiger partial charge is 0.511 e. The highest BCUT2D eigenvalue weighted by molar-refractivity contribution is 5.60. The van der Waals surface area contributed by atoms with Gasteiger partial charge in [0.2, 0.25) is 0 Å². The minimum absolute atomic E-state index is 0.162. The van der Waals surface area contributed by atoms with Crippen LogP contribution in [-0.2, 0) is 0 Å². The van der Waals surface area contributed by atoms with Gasteiger partial charge >= 0.3 is 6.16 Å². The maximum Gasteiger partial charge on any atom is 0.511 e. The van der Waals surface area contributed by atoms with Crippen LogP contribution in [-0.4, -0.2) is 11.3 Å². The van der Waals surface area contributed by atoms with E-state index in [1.54, 1.807) is 12.1 Å². The van der Waals surface area contributed by atoms with Crippen molar-refractivity contribution in [2.24, 2.45) is 0 Å². The SMILES string of the molecule is O=C(O)Oc1c#cccc1. The van der Waals surface area contributed by atoms with Crippen molar-refractivity contribution in [2.45, 2.75) is 0 Å². The lowest BCUT2D eigenvalue weighted by Gasteiger charge is -1.91. The molecule has 0 radical (unpaired) electrons. The molecule has 0 spiro atoms. The van der Waals surface area contributed by atoms with Crippen LogP contribution in [0.4, 0.5) is 4.79 Å². The molecule has 1 aromatic carbocycles. The average Bonchev–Trinajstić information content (AvgIpc) is 1.88. The van der Waals surface area contributed by atoms with E-state index in [9.17, 15) is 4.79 Å². The van der Waals surface area contributed by atoms with Crippen molar-refractivity contribution in [1.82, 2.24) is 0 Å². The second-order valence-corrected chi connectivity index (χ2v) is 1.53. The molecule has 0 bridgehead atoms. The number of hydrogen-bond acceptors (Lipinski definition) is 2. The van der Waals surface area contributed by atoms with Crippen LogP contribution in [0.2, 0.25) is 0 Å². The van der Waals surface area contributed by atoms with Gasteiger partial charge in [0.25, 0.3) is 0 Å². The second-order valence-electron chi connectivity index (χ2n) is 1.53. The van der Waals surface area contributed by atoms with Gasteiger partial charge in [-0.3, -0.25) is 0 Å². The molecule has 0 fully saturated rings. The van der Waals surface area contributed by atoms with E-state index in [1.165, 1.54) is 6.07 Å². The van der Waals surface area contributed by atoms with Gasteiger partial charge in [0.05, 0.1) is 0 Å². The van der Waals surface area contributed by atoms with Crippen LogP contribution in [0.1, 0.15) is 0 Å². The molecule has 1 rings (SSSR count). The zero-order chi connectivity index (χ0) is 7.40. The molecule has 3 heteroatoms. The summed E-state index contributed by atoms with van der Waals surface area (Å²) in [7, 11) is 0. The lowest BCUT2D eigenvalue weighted by atomic mass is 10.4. The minimum atomic E-state index is -1.34. The first-order chi connectivity index (χ1) is 4.79. The fourth-order valence-corrected chi connectivity index (χ4v) is 0.492. The first-order valence-electron chi connectivity index (χ1n) is 2.58. The third-order valence-corrected chi connectivity index (χ3v) is 0.820. The maximum absolute atomic E-state index is 9.91. The van der Waals surface area contributed by atoms with E-state index in [2.05, 4.69) is 16.9 Å². The highest BCUT2D eigenvalue weighted by atomic mass is 16.7. The number of ether oxygens (including phenoxy) is 1. The van der Waals surface area contributed by atoms with Gasteiger partial charge < -0.3 is 9.84 Å². The molecule has 50 valence electrons. The molecule has 0 saturated heterocycles. The van der Waals surface area contributed by atoms with Gasteiger partial charge in [-0.25, -0.2) is 4.79 Å². The quantitative estimate of drug-likeness (QED) is 0.592. The van der Waals surface area contributed by atoms with Gasteiger partial charge in [-0.15, -0.1) is 0 Å². The van der Waals surface area contributed by atoms with E-state index < -0.39 is 6.16 Å². The summed E-state index contributed by atoms with van der Waals surface area (Å²) in [5.41, 5.74) is 0. The molecule has 1 aromatic rings. The molecule has 1 N–H and O–H groups in total. The van der Waals surface area contributed by atoms with Crippen LogP contribution in [0.25, 0.3) is 0 Å². The van der Waals surface area contributed by atoms with Crippen LogP contribution in [0.15, 0.2) is 18.2 Å². The summed E-state index contributed by atoms with van der Waals surface area (Å²) in [4.78, 5) is 9.91. The number of carbonyl (C=O) groups is 1. The second kappa shape index (κ2) is 2.74. The van der Waals surface area contributed by atoms with Crippen molar-refractivity contribution in [3.63, 3.8) is 0 Å². The van der Waals surface area contributed by atoms with Crippen molar-refractivity contribution < 1.29 is 14.6 Å². The maximum atomic E-state index is 9.91. The molecule has 0 aliphatic rings. The lowest BCUT2D eigenvalue weighted by molar-refractivity contribution is 0.144. The van der Waals surface area contributed by atoms with Crippen LogP contribution in [0.5, 0.6) is 5.75 Å². The zero-order valence-corrected chi connectivity index (χ0v) is 5.00. The highest BCUT2D eigenvalue weighted by Gasteiger charge is 1.96. The third-order valence-electron chi connectivity index (χ3n) is 0.820. The van der Waals surface area contributed by atoms with Crippen molar-refractivity contribution in [3.05, 3.63) is 30.3 Å². The minimum Gasteiger partial charge on any atom is -0.449 e. The van der Waals surface area contributed by atoms with Crippen molar-refractivity contribution in [2.75, 3.05) is 0 Å². The van der Waals surface area contributed by atoms with E-state index in [0.717, 1.165) is 0 Å². The summed E-state index contributed by atoms with van der Waals surface area (Å²) in [6.07, 6.45) is -1.34. The molecule has 10 heavy (non-hydrogen) atoms. The molecular formula is C7H4O3. The Labute approximate surface area is 57.9 Å². The van der Waals surface area contributed by atoms with Gasteiger partial charge in [-0.2, -0.15) is 0 Å². The number of hydrogen-bond donors (Lipinski definition) is 1. The molecule has 0 saturated carbocycles. The molecule has 0 aliphatic carbocycles. The number of rotatable bonds is 1. The Kier molecular flexibility index (Phi) is 1.76. The number of carboxylic acid groups (broad SMARTS) is 1. The van der Waals surface area contributed by atoms with Crippen LogP contribution < -0.4 is 4.74 Å². The van der Waals surface area contributed by atoms with Gasteiger partial charge in [-0.05, 0) is 24.3 Å². The smallest absolute Gasteiger partial charge is 0.449 e. The topological polar surface area (TPSA) is 46.5 Å². The van der Waals surface area contributed by atoms with Crippen LogP contribution >= 0.6 is 0 Å². The predicted octanol–water partition coefficient (Wildman–Crippen LogP) is 1.34. The van der Waals surface area contributed by atoms with E-state index in [-0.39, 0.29) is 5.75 Å². The Morgan fingerprint density at radius 1 is 1.70 bits per heavy atom. The molecule has 0 aromatic heterocycles. The standard InChI is InChI=1S/C7H4O3/c8-7(9)10-6-4-2-1-3-5-6/h1-2,4H,(H,8,9). The van der Waals surface area contributed by atoms with Crippen molar-refractivity contribution in [1.29, 1.82) is 0 Å². The molecular weight excluding hydrogens is 132 g/mol. The summed E-state index contributed by atoms with van der Waals surface area (Å²) in [6.45, 7) is 0. The summed E-state index contributed by atoms with van der Waals surface area (Å²) in [5.74, 6) is 0.162. The fourth-order valence-electron chi connectivity index (χ4n) is 0.492. The summed E-state index contributed by atoms with van der Waals surface area (Å²) < 4.78 is 4.24. The van der Waals surface area contributed by atoms with Crippen molar-refractivity contribution >= 4 is 6.16 Å². The summed E-state index contributed by atoms with van der Waals surface area (Å²) in [6, 6.07) is 9.74. The normalized spacial score (nSPS) is 8.00. The Bertz CT molecular complexity index is 218. The van der Waals surface area contributed by atoms with Gasteiger partial charge in [0.15, 0.2) is 5.75 Å². The summed E-state index contributed by atoms with van der Waals surface area (Å²) in [5, 5.41) is 8.11. The van der Waals surface area contributed by atoms with E-state index in [0.29, 0.717) is 0 Å². The van der Waals surface area contributed by atoms with E-state index in [1.807, 2.05) is 0 Å². The summed E-state index contributed by atoms with van der Waals surface area (Å²) >= 11 is 0. The van der Waals surface area contributed by atoms with Crippen LogP contribution in [0.3, 0.4) is 0 Å². The highest BCUT2D eigenvalue weighted by Crippen LogP contribution is 2.02. The van der Waals surface area contributed by atoms with Gasteiger partial charge in [0, 0.05) is 0 Å².